The van der Waals surface area contributed by atoms with Gasteiger partial charge in [-0.1, -0.05) is 42.5 Å². The molecule has 0 fully saturated rings. The molecule has 0 amide bonds. The van der Waals surface area contributed by atoms with Crippen molar-refractivity contribution in [3.05, 3.63) is 65.0 Å². The van der Waals surface area contributed by atoms with E-state index >= 15 is 0 Å². The Balaban J connectivity index is 2.03. The monoisotopic (exact) mass is 247 g/mol. The van der Waals surface area contributed by atoms with E-state index in [1.807, 2.05) is 0 Å². The summed E-state index contributed by atoms with van der Waals surface area (Å²) in [4.78, 5) is 0. The fourth-order valence-electron chi connectivity index (χ4n) is 3.31. The fraction of sp³-hybridized carbons (Fsp3) is 0.222. The third-order valence-electron chi connectivity index (χ3n) is 4.13. The molecule has 2 aromatic rings. The van der Waals surface area contributed by atoms with E-state index in [2.05, 4.69) is 59.2 Å². The minimum absolute atomic E-state index is 1.15. The van der Waals surface area contributed by atoms with Crippen molar-refractivity contribution in [3.63, 3.8) is 0 Å². The molecule has 2 aliphatic carbocycles. The van der Waals surface area contributed by atoms with Gasteiger partial charge in [0.25, 0.3) is 0 Å². The Morgan fingerprint density at radius 2 is 1.32 bits per heavy atom. The van der Waals surface area contributed by atoms with Gasteiger partial charge in [-0.25, -0.2) is 0 Å². The molecule has 1 aromatic carbocycles. The van der Waals surface area contributed by atoms with Crippen molar-refractivity contribution in [2.75, 3.05) is 0 Å². The molecule has 1 heteroatoms. The van der Waals surface area contributed by atoms with Crippen molar-refractivity contribution < 1.29 is 0 Å². The van der Waals surface area contributed by atoms with E-state index < -0.39 is 0 Å². The van der Waals surface area contributed by atoms with Gasteiger partial charge >= 0.3 is 0 Å². The van der Waals surface area contributed by atoms with Crippen molar-refractivity contribution in [2.24, 2.45) is 0 Å². The molecule has 1 nitrogen and oxygen atoms in total. The Morgan fingerprint density at radius 1 is 0.737 bits per heavy atom. The summed E-state index contributed by atoms with van der Waals surface area (Å²) < 4.78 is 2.50. The molecule has 0 N–H and O–H groups in total. The zero-order valence-corrected chi connectivity index (χ0v) is 11.0. The number of aromatic nitrogens is 1. The third-order valence-corrected chi connectivity index (χ3v) is 4.13. The lowest BCUT2D eigenvalue weighted by Crippen LogP contribution is -2.06. The highest BCUT2D eigenvalue weighted by Crippen LogP contribution is 2.35. The summed E-state index contributed by atoms with van der Waals surface area (Å²) in [5, 5.41) is 0. The van der Waals surface area contributed by atoms with Gasteiger partial charge in [-0.2, -0.15) is 0 Å². The predicted molar refractivity (Wildman–Crippen MR) is 80.5 cm³/mol. The van der Waals surface area contributed by atoms with E-state index in [9.17, 15) is 0 Å². The second-order valence-electron chi connectivity index (χ2n) is 5.27. The maximum atomic E-state index is 2.50. The lowest BCUT2D eigenvalue weighted by Gasteiger charge is -2.15. The Morgan fingerprint density at radius 3 is 1.89 bits per heavy atom. The molecular weight excluding hydrogens is 230 g/mol. The van der Waals surface area contributed by atoms with Crippen LogP contribution in [0.1, 0.15) is 35.4 Å². The molecule has 0 atom stereocenters. The van der Waals surface area contributed by atoms with Crippen LogP contribution in [0.15, 0.2) is 42.5 Å². The van der Waals surface area contributed by atoms with Crippen LogP contribution >= 0.6 is 0 Å². The second-order valence-corrected chi connectivity index (χ2v) is 5.27. The van der Waals surface area contributed by atoms with Crippen molar-refractivity contribution in [3.8, 4) is 5.69 Å². The maximum Gasteiger partial charge on any atom is 0.0455 e. The first-order valence-electron chi connectivity index (χ1n) is 7.10. The normalized spacial score (nSPS) is 16.2. The topological polar surface area (TPSA) is 4.93 Å². The minimum atomic E-state index is 1.15. The minimum Gasteiger partial charge on any atom is -0.317 e. The molecule has 1 heterocycles. The van der Waals surface area contributed by atoms with Crippen LogP contribution in [0.4, 0.5) is 0 Å². The van der Waals surface area contributed by atoms with E-state index in [4.69, 9.17) is 0 Å². The largest absolute Gasteiger partial charge is 0.317 e. The van der Waals surface area contributed by atoms with Crippen molar-refractivity contribution in [1.29, 1.82) is 0 Å². The third kappa shape index (κ3) is 1.61. The van der Waals surface area contributed by atoms with Gasteiger partial charge in [-0.15, -0.1) is 0 Å². The molecule has 1 aromatic heterocycles. The van der Waals surface area contributed by atoms with Crippen LogP contribution in [0.5, 0.6) is 0 Å². The molecule has 4 rings (SSSR count). The summed E-state index contributed by atoms with van der Waals surface area (Å²) in [7, 11) is 0. The summed E-state index contributed by atoms with van der Waals surface area (Å²) in [6, 6.07) is 10.8. The van der Waals surface area contributed by atoms with Gasteiger partial charge in [0.05, 0.1) is 0 Å². The van der Waals surface area contributed by atoms with Gasteiger partial charge in [-0.05, 0) is 37.8 Å². The molecule has 0 aliphatic heterocycles. The van der Waals surface area contributed by atoms with E-state index in [0.29, 0.717) is 0 Å². The highest BCUT2D eigenvalue weighted by atomic mass is 15.0. The Labute approximate surface area is 113 Å². The molecule has 0 bridgehead atoms. The first kappa shape index (κ1) is 10.9. The van der Waals surface area contributed by atoms with Gasteiger partial charge < -0.3 is 4.57 Å². The van der Waals surface area contributed by atoms with Crippen LogP contribution < -0.4 is 0 Å². The molecule has 0 saturated heterocycles. The van der Waals surface area contributed by atoms with E-state index in [1.54, 1.807) is 0 Å². The first-order valence-corrected chi connectivity index (χ1v) is 7.10. The van der Waals surface area contributed by atoms with Crippen LogP contribution in [0, 0.1) is 0 Å². The van der Waals surface area contributed by atoms with Crippen molar-refractivity contribution in [1.82, 2.24) is 4.57 Å². The molecule has 0 spiro atoms. The summed E-state index contributed by atoms with van der Waals surface area (Å²) in [5.41, 5.74) is 7.18. The number of hydrogen-bond donors (Lipinski definition) is 0. The van der Waals surface area contributed by atoms with E-state index in [-0.39, 0.29) is 0 Å². The van der Waals surface area contributed by atoms with Gasteiger partial charge in [-0.3, -0.25) is 0 Å². The van der Waals surface area contributed by atoms with Crippen molar-refractivity contribution in [2.45, 2.75) is 25.7 Å². The Hall–Kier alpha value is -2.02. The highest BCUT2D eigenvalue weighted by Gasteiger charge is 2.22. The quantitative estimate of drug-likeness (QED) is 0.704. The zero-order chi connectivity index (χ0) is 12.7. The molecular formula is C18H17N. The fourth-order valence-corrected chi connectivity index (χ4v) is 3.31. The average Bonchev–Trinajstić information content (AvgIpc) is 2.83. The molecule has 0 radical (unpaired) electrons. The summed E-state index contributed by atoms with van der Waals surface area (Å²) in [5.74, 6) is 0. The van der Waals surface area contributed by atoms with Gasteiger partial charge in [0.1, 0.15) is 0 Å². The van der Waals surface area contributed by atoms with E-state index in [0.717, 1.165) is 25.7 Å². The van der Waals surface area contributed by atoms with Crippen LogP contribution in [-0.4, -0.2) is 4.57 Å². The number of nitrogens with zero attached hydrogens (tertiary/aromatic N) is 1. The highest BCUT2D eigenvalue weighted by molar-refractivity contribution is 5.73. The smallest absolute Gasteiger partial charge is 0.0455 e. The molecule has 2 aliphatic rings. The molecule has 0 unspecified atom stereocenters. The van der Waals surface area contributed by atoms with Crippen LogP contribution in [0.25, 0.3) is 17.8 Å². The number of benzene rings is 1. The number of rotatable bonds is 1. The Kier molecular flexibility index (Phi) is 2.44. The number of fused-ring (bicyclic) bond motifs is 3. The summed E-state index contributed by atoms with van der Waals surface area (Å²) in [6.07, 6.45) is 13.9. The van der Waals surface area contributed by atoms with Gasteiger partial charge in [0, 0.05) is 28.2 Å². The summed E-state index contributed by atoms with van der Waals surface area (Å²) in [6.45, 7) is 0. The standard InChI is InChI=1S/C18H17N/c1-2-8-14(9-3-1)19-17-12-6-4-10-15(17)16-11-5-7-13-18(16)19/h1-5,8-11H,6-7,12-13H2. The molecule has 0 saturated carbocycles. The molecule has 94 valence electrons. The maximum absolute atomic E-state index is 2.50. The number of hydrogen-bond acceptors (Lipinski definition) is 0. The van der Waals surface area contributed by atoms with Crippen LogP contribution in [-0.2, 0) is 12.8 Å². The second kappa shape index (κ2) is 4.27. The van der Waals surface area contributed by atoms with Crippen LogP contribution in [0.2, 0.25) is 0 Å². The van der Waals surface area contributed by atoms with Gasteiger partial charge in [0.2, 0.25) is 0 Å². The van der Waals surface area contributed by atoms with E-state index in [1.165, 1.54) is 28.2 Å². The zero-order valence-electron chi connectivity index (χ0n) is 11.0. The van der Waals surface area contributed by atoms with Crippen LogP contribution in [0.3, 0.4) is 0 Å². The number of allylic oxidation sites excluding steroid dienone is 2. The van der Waals surface area contributed by atoms with Gasteiger partial charge in [0.15, 0.2) is 0 Å². The Bertz CT molecular complexity index is 632. The SMILES string of the molecule is C1=Cc2c3c(n(-c4ccccc4)c2CC1)CCC=C3. The number of para-hydroxylation sites is 1. The lowest BCUT2D eigenvalue weighted by molar-refractivity contribution is 0.813. The lowest BCUT2D eigenvalue weighted by atomic mass is 9.97. The summed E-state index contributed by atoms with van der Waals surface area (Å²) >= 11 is 0. The molecule has 19 heavy (non-hydrogen) atoms. The average molecular weight is 247 g/mol. The predicted octanol–water partition coefficient (Wildman–Crippen LogP) is 4.40. The first-order chi connectivity index (χ1) is 9.45. The van der Waals surface area contributed by atoms with Crippen molar-refractivity contribution >= 4 is 12.2 Å².